The summed E-state index contributed by atoms with van der Waals surface area (Å²) in [5.41, 5.74) is 3.30. The Morgan fingerprint density at radius 3 is 2.33 bits per heavy atom. The van der Waals surface area contributed by atoms with Crippen LogP contribution < -0.4 is 9.80 Å². The van der Waals surface area contributed by atoms with Gasteiger partial charge in [-0.05, 0) is 47.5 Å². The molecular weight excluding hydrogens is 465 g/mol. The van der Waals surface area contributed by atoms with Gasteiger partial charge >= 0.3 is 0 Å². The predicted molar refractivity (Wildman–Crippen MR) is 125 cm³/mol. The van der Waals surface area contributed by atoms with Crippen LogP contribution in [0.25, 0.3) is 0 Å². The highest BCUT2D eigenvalue weighted by Gasteiger charge is 2.35. The van der Waals surface area contributed by atoms with Gasteiger partial charge in [-0.15, -0.1) is 0 Å². The van der Waals surface area contributed by atoms with Gasteiger partial charge in [0.2, 0.25) is 0 Å². The Morgan fingerprint density at radius 1 is 0.848 bits per heavy atom. The first-order chi connectivity index (χ1) is 16.0. The highest BCUT2D eigenvalue weighted by molar-refractivity contribution is 7.99. The number of nitrogens with one attached hydrogen (secondary N) is 2. The summed E-state index contributed by atoms with van der Waals surface area (Å²) in [5, 5.41) is 0.138. The maximum Gasteiger partial charge on any atom is 0.142 e. The second-order valence-electron chi connectivity index (χ2n) is 8.95. The summed E-state index contributed by atoms with van der Waals surface area (Å²) in [6, 6.07) is 15.1. The van der Waals surface area contributed by atoms with Crippen LogP contribution in [0.4, 0.5) is 13.2 Å². The van der Waals surface area contributed by atoms with Crippen molar-refractivity contribution in [1.82, 2.24) is 0 Å². The van der Waals surface area contributed by atoms with Crippen LogP contribution in [0.3, 0.4) is 0 Å². The molecule has 0 aliphatic carbocycles. The molecule has 1 fully saturated rings. The van der Waals surface area contributed by atoms with Gasteiger partial charge in [-0.1, -0.05) is 41.6 Å². The molecule has 2 heterocycles. The third-order valence-electron chi connectivity index (χ3n) is 6.87. The molecule has 5 rings (SSSR count). The Bertz CT molecular complexity index is 1150. The SMILES string of the molecule is Fc1ccc(CC[NH+]2CC[NH+]([C@@H]3Cc4ccc(F)cc4Sc4cc(F)c(Cl)cc43)CC2)cc1. The Kier molecular flexibility index (Phi) is 6.70. The number of rotatable bonds is 4. The van der Waals surface area contributed by atoms with Crippen LogP contribution in [0.1, 0.15) is 22.7 Å². The maximum atomic E-state index is 14.3. The zero-order valence-electron chi connectivity index (χ0n) is 18.1. The van der Waals surface area contributed by atoms with Gasteiger partial charge < -0.3 is 9.80 Å². The summed E-state index contributed by atoms with van der Waals surface area (Å²) in [5.74, 6) is -0.914. The number of halogens is 4. The zero-order valence-corrected chi connectivity index (χ0v) is 19.7. The standard InChI is InChI=1S/C26H24ClF3N2S/c27-22-15-21-24(13-18-3-6-20(29)14-25(18)33-26(21)16-23(22)30)32-11-9-31(10-12-32)8-7-17-1-4-19(28)5-2-17/h1-6,14-16,24H,7-13H2/p+2/t24-/m1/s1. The van der Waals surface area contributed by atoms with E-state index >= 15 is 0 Å². The topological polar surface area (TPSA) is 8.88 Å². The molecule has 0 spiro atoms. The quantitative estimate of drug-likeness (QED) is 0.569. The largest absolute Gasteiger partial charge is 0.325 e. The third kappa shape index (κ3) is 5.09. The normalized spacial score (nSPS) is 22.4. The van der Waals surface area contributed by atoms with Gasteiger partial charge in [0.25, 0.3) is 0 Å². The lowest BCUT2D eigenvalue weighted by atomic mass is 9.96. The molecule has 0 amide bonds. The molecule has 2 aliphatic rings. The van der Waals surface area contributed by atoms with Crippen molar-refractivity contribution in [2.24, 2.45) is 0 Å². The lowest BCUT2D eigenvalue weighted by molar-refractivity contribution is -1.03. The van der Waals surface area contributed by atoms with Crippen LogP contribution in [0, 0.1) is 17.5 Å². The Morgan fingerprint density at radius 2 is 1.58 bits per heavy atom. The third-order valence-corrected chi connectivity index (χ3v) is 8.34. The molecule has 0 saturated carbocycles. The van der Waals surface area contributed by atoms with Gasteiger partial charge in [0.1, 0.15) is 49.7 Å². The van der Waals surface area contributed by atoms with E-state index in [4.69, 9.17) is 11.6 Å². The van der Waals surface area contributed by atoms with Crippen LogP contribution in [0.5, 0.6) is 0 Å². The Balaban J connectivity index is 1.32. The second-order valence-corrected chi connectivity index (χ2v) is 10.4. The molecule has 172 valence electrons. The average molecular weight is 491 g/mol. The van der Waals surface area contributed by atoms with Crippen molar-refractivity contribution < 1.29 is 23.0 Å². The molecular formula is C26H26ClF3N2S+2. The van der Waals surface area contributed by atoms with Crippen molar-refractivity contribution in [3.8, 4) is 0 Å². The number of benzene rings is 3. The minimum atomic E-state index is -0.438. The summed E-state index contributed by atoms with van der Waals surface area (Å²) in [6.45, 7) is 5.11. The molecule has 1 atom stereocenters. The molecule has 2 nitrogen and oxygen atoms in total. The summed E-state index contributed by atoms with van der Waals surface area (Å²) in [7, 11) is 0. The van der Waals surface area contributed by atoms with Gasteiger partial charge in [-0.2, -0.15) is 0 Å². The van der Waals surface area contributed by atoms with Crippen LogP contribution in [-0.2, 0) is 12.8 Å². The zero-order chi connectivity index (χ0) is 22.9. The number of piperazine rings is 1. The Hall–Kier alpha value is -1.99. The maximum absolute atomic E-state index is 14.3. The van der Waals surface area contributed by atoms with Crippen molar-refractivity contribution in [3.05, 3.63) is 93.8 Å². The van der Waals surface area contributed by atoms with Crippen molar-refractivity contribution in [2.45, 2.75) is 28.7 Å². The molecule has 2 aliphatic heterocycles. The minimum absolute atomic E-state index is 0.138. The van der Waals surface area contributed by atoms with E-state index in [-0.39, 0.29) is 22.7 Å². The highest BCUT2D eigenvalue weighted by Crippen LogP contribution is 2.42. The first kappa shape index (κ1) is 22.8. The predicted octanol–water partition coefficient (Wildman–Crippen LogP) is 3.53. The van der Waals surface area contributed by atoms with Crippen LogP contribution >= 0.6 is 23.4 Å². The van der Waals surface area contributed by atoms with Gasteiger partial charge in [-0.3, -0.25) is 0 Å². The van der Waals surface area contributed by atoms with E-state index in [1.807, 2.05) is 18.2 Å². The summed E-state index contributed by atoms with van der Waals surface area (Å²) >= 11 is 7.62. The molecule has 7 heteroatoms. The van der Waals surface area contributed by atoms with Gasteiger partial charge in [0.05, 0.1) is 11.6 Å². The minimum Gasteiger partial charge on any atom is -0.325 e. The second kappa shape index (κ2) is 9.71. The average Bonchev–Trinajstić information content (AvgIpc) is 2.96. The van der Waals surface area contributed by atoms with E-state index in [2.05, 4.69) is 0 Å². The fraction of sp³-hybridized carbons (Fsp3) is 0.308. The summed E-state index contributed by atoms with van der Waals surface area (Å²) in [4.78, 5) is 4.68. The molecule has 33 heavy (non-hydrogen) atoms. The molecule has 2 N–H and O–H groups in total. The first-order valence-electron chi connectivity index (χ1n) is 11.3. The smallest absolute Gasteiger partial charge is 0.142 e. The summed E-state index contributed by atoms with van der Waals surface area (Å²) < 4.78 is 41.4. The molecule has 0 radical (unpaired) electrons. The lowest BCUT2D eigenvalue weighted by Crippen LogP contribution is -3.28. The van der Waals surface area contributed by atoms with Gasteiger partial charge in [-0.25, -0.2) is 13.2 Å². The number of hydrogen-bond donors (Lipinski definition) is 2. The fourth-order valence-electron chi connectivity index (χ4n) is 5.00. The van der Waals surface area contributed by atoms with Crippen LogP contribution in [0.2, 0.25) is 5.02 Å². The van der Waals surface area contributed by atoms with Crippen molar-refractivity contribution in [2.75, 3.05) is 32.7 Å². The number of quaternary nitrogens is 2. The number of fused-ring (bicyclic) bond motifs is 2. The van der Waals surface area contributed by atoms with Gasteiger partial charge in [0.15, 0.2) is 0 Å². The molecule has 0 bridgehead atoms. The highest BCUT2D eigenvalue weighted by atomic mass is 35.5. The van der Waals surface area contributed by atoms with Gasteiger partial charge in [0, 0.05) is 28.2 Å². The summed E-state index contributed by atoms with van der Waals surface area (Å²) in [6.07, 6.45) is 1.71. The van der Waals surface area contributed by atoms with Crippen LogP contribution in [-0.4, -0.2) is 32.7 Å². The van der Waals surface area contributed by atoms with E-state index < -0.39 is 5.82 Å². The number of hydrogen-bond acceptors (Lipinski definition) is 1. The monoisotopic (exact) mass is 490 g/mol. The molecule has 0 aromatic heterocycles. The van der Waals surface area contributed by atoms with E-state index in [9.17, 15) is 13.2 Å². The van der Waals surface area contributed by atoms with E-state index in [1.165, 1.54) is 40.9 Å². The molecule has 1 saturated heterocycles. The first-order valence-corrected chi connectivity index (χ1v) is 12.5. The molecule has 0 unspecified atom stereocenters. The van der Waals surface area contributed by atoms with Crippen molar-refractivity contribution in [1.29, 1.82) is 0 Å². The van der Waals surface area contributed by atoms with Crippen LogP contribution in [0.15, 0.2) is 64.4 Å². The lowest BCUT2D eigenvalue weighted by Gasteiger charge is -2.35. The molecule has 3 aromatic carbocycles. The van der Waals surface area contributed by atoms with E-state index in [1.54, 1.807) is 17.0 Å². The van der Waals surface area contributed by atoms with E-state index in [0.29, 0.717) is 0 Å². The molecule has 3 aromatic rings. The van der Waals surface area contributed by atoms with E-state index in [0.717, 1.165) is 72.0 Å². The fourth-order valence-corrected chi connectivity index (χ4v) is 6.35. The Labute approximate surface area is 201 Å². The van der Waals surface area contributed by atoms with Crippen molar-refractivity contribution >= 4 is 23.4 Å². The van der Waals surface area contributed by atoms with Crippen molar-refractivity contribution in [3.63, 3.8) is 0 Å².